The number of hydrogen-bond acceptors (Lipinski definition) is 2. The van der Waals surface area contributed by atoms with Crippen LogP contribution in [0.25, 0.3) is 10.9 Å². The number of hydrogen-bond donors (Lipinski definition) is 1. The second-order valence-corrected chi connectivity index (χ2v) is 7.18. The Balaban J connectivity index is 1.35. The van der Waals surface area contributed by atoms with E-state index in [2.05, 4.69) is 4.98 Å². The fraction of sp³-hybridized carbons (Fsp3) is 0.286. The lowest BCUT2D eigenvalue weighted by atomic mass is 10.1. The number of nitrogens with one attached hydrogen (secondary N) is 1. The largest absolute Gasteiger partial charge is 0.466 e. The third kappa shape index (κ3) is 5.26. The highest BCUT2D eigenvalue weighted by atomic mass is 35.5. The average Bonchev–Trinajstić information content (AvgIpc) is 3.02. The highest BCUT2D eigenvalue weighted by molar-refractivity contribution is 6.31. The lowest BCUT2D eigenvalue weighted by molar-refractivity contribution is -0.143. The number of H-pyrrole nitrogens is 1. The number of ether oxygens (including phenoxy) is 1. The van der Waals surface area contributed by atoms with E-state index in [4.69, 9.17) is 27.9 Å². The molecule has 1 N–H and O–H groups in total. The number of esters is 1. The number of fused-ring (bicyclic) bond motifs is 1. The van der Waals surface area contributed by atoms with E-state index in [0.717, 1.165) is 46.6 Å². The van der Waals surface area contributed by atoms with Gasteiger partial charge in [0.1, 0.15) is 0 Å². The number of carbonyl (C=O) groups is 1. The summed E-state index contributed by atoms with van der Waals surface area (Å²) < 4.78 is 5.34. The summed E-state index contributed by atoms with van der Waals surface area (Å²) in [6.07, 6.45) is 5.70. The van der Waals surface area contributed by atoms with Crippen LogP contribution in [0, 0.1) is 0 Å². The normalized spacial score (nSPS) is 11.0. The zero-order chi connectivity index (χ0) is 18.4. The molecule has 3 rings (SSSR count). The van der Waals surface area contributed by atoms with Crippen LogP contribution in [-0.2, 0) is 22.4 Å². The summed E-state index contributed by atoms with van der Waals surface area (Å²) in [5.74, 6) is -0.138. The summed E-state index contributed by atoms with van der Waals surface area (Å²) in [5, 5.41) is 2.59. The van der Waals surface area contributed by atoms with E-state index in [1.165, 1.54) is 11.1 Å². The maximum Gasteiger partial charge on any atom is 0.305 e. The van der Waals surface area contributed by atoms with Gasteiger partial charge >= 0.3 is 5.97 Å². The van der Waals surface area contributed by atoms with E-state index in [0.29, 0.717) is 13.0 Å². The van der Waals surface area contributed by atoms with Crippen LogP contribution < -0.4 is 0 Å². The second-order valence-electron chi connectivity index (χ2n) is 6.31. The third-order valence-corrected chi connectivity index (χ3v) is 4.83. The molecule has 0 amide bonds. The van der Waals surface area contributed by atoms with Crippen molar-refractivity contribution in [3.8, 4) is 0 Å². The van der Waals surface area contributed by atoms with Gasteiger partial charge in [0, 0.05) is 33.6 Å². The van der Waals surface area contributed by atoms with Crippen LogP contribution in [0.5, 0.6) is 0 Å². The van der Waals surface area contributed by atoms with Gasteiger partial charge in [-0.25, -0.2) is 0 Å². The first-order chi connectivity index (χ1) is 12.6. The van der Waals surface area contributed by atoms with E-state index in [-0.39, 0.29) is 5.97 Å². The molecule has 3 nitrogen and oxygen atoms in total. The Bertz CT molecular complexity index is 871. The van der Waals surface area contributed by atoms with Gasteiger partial charge in [-0.05, 0) is 67.1 Å². The molecule has 0 atom stereocenters. The number of rotatable bonds is 8. The number of aromatic amines is 1. The number of aryl methyl sites for hydroxylation is 2. The molecule has 0 aliphatic carbocycles. The summed E-state index contributed by atoms with van der Waals surface area (Å²) in [6, 6.07) is 13.5. The molecule has 1 aromatic heterocycles. The predicted molar refractivity (Wildman–Crippen MR) is 107 cm³/mol. The molecule has 0 fully saturated rings. The van der Waals surface area contributed by atoms with Gasteiger partial charge in [0.05, 0.1) is 6.61 Å². The third-order valence-electron chi connectivity index (χ3n) is 4.34. The summed E-state index contributed by atoms with van der Waals surface area (Å²) in [7, 11) is 0. The minimum Gasteiger partial charge on any atom is -0.466 e. The molecule has 2 aromatic carbocycles. The molecule has 0 bridgehead atoms. The first-order valence-electron chi connectivity index (χ1n) is 8.77. The van der Waals surface area contributed by atoms with Gasteiger partial charge in [0.25, 0.3) is 0 Å². The molecular formula is C21H21Cl2NO2. The van der Waals surface area contributed by atoms with Gasteiger partial charge in [0.2, 0.25) is 0 Å². The molecule has 0 unspecified atom stereocenters. The van der Waals surface area contributed by atoms with Gasteiger partial charge in [-0.3, -0.25) is 4.79 Å². The van der Waals surface area contributed by atoms with E-state index in [9.17, 15) is 4.79 Å². The number of aromatic nitrogens is 1. The van der Waals surface area contributed by atoms with Crippen LogP contribution in [0.2, 0.25) is 10.0 Å². The van der Waals surface area contributed by atoms with Crippen LogP contribution in [0.1, 0.15) is 30.4 Å². The van der Waals surface area contributed by atoms with Crippen LogP contribution in [-0.4, -0.2) is 17.6 Å². The molecule has 0 aliphatic heterocycles. The topological polar surface area (TPSA) is 42.1 Å². The SMILES string of the molecule is O=C(CCCc1ccc(Cl)cc1)OCCCc1c[nH]c2ccc(Cl)cc12. The van der Waals surface area contributed by atoms with E-state index in [1.807, 2.05) is 48.7 Å². The highest BCUT2D eigenvalue weighted by Crippen LogP contribution is 2.23. The van der Waals surface area contributed by atoms with Crippen molar-refractivity contribution in [2.45, 2.75) is 32.1 Å². The minimum atomic E-state index is -0.138. The van der Waals surface area contributed by atoms with Gasteiger partial charge in [0.15, 0.2) is 0 Å². The Labute approximate surface area is 163 Å². The lowest BCUT2D eigenvalue weighted by Crippen LogP contribution is -2.06. The molecule has 26 heavy (non-hydrogen) atoms. The van der Waals surface area contributed by atoms with Crippen LogP contribution >= 0.6 is 23.2 Å². The van der Waals surface area contributed by atoms with Crippen LogP contribution in [0.3, 0.4) is 0 Å². The van der Waals surface area contributed by atoms with Crippen molar-refractivity contribution in [2.75, 3.05) is 6.61 Å². The monoisotopic (exact) mass is 389 g/mol. The zero-order valence-electron chi connectivity index (χ0n) is 14.4. The van der Waals surface area contributed by atoms with Gasteiger partial charge < -0.3 is 9.72 Å². The fourth-order valence-corrected chi connectivity index (χ4v) is 3.26. The Kier molecular flexibility index (Phi) is 6.59. The standard InChI is InChI=1S/C21H21Cl2NO2/c22-17-8-6-15(7-9-17)3-1-5-21(25)26-12-2-4-16-14-24-20-11-10-18(23)13-19(16)20/h6-11,13-14,24H,1-5,12H2. The van der Waals surface area contributed by atoms with Crippen molar-refractivity contribution in [2.24, 2.45) is 0 Å². The number of benzene rings is 2. The quantitative estimate of drug-likeness (QED) is 0.380. The Morgan fingerprint density at radius 2 is 1.73 bits per heavy atom. The molecule has 0 spiro atoms. The first-order valence-corrected chi connectivity index (χ1v) is 9.53. The maximum atomic E-state index is 11.8. The Morgan fingerprint density at radius 3 is 2.54 bits per heavy atom. The zero-order valence-corrected chi connectivity index (χ0v) is 15.9. The molecule has 1 heterocycles. The van der Waals surface area contributed by atoms with E-state index in [1.54, 1.807) is 0 Å². The first kappa shape index (κ1) is 18.8. The van der Waals surface area contributed by atoms with Crippen LogP contribution in [0.4, 0.5) is 0 Å². The molecular weight excluding hydrogens is 369 g/mol. The van der Waals surface area contributed by atoms with Gasteiger partial charge in [-0.1, -0.05) is 35.3 Å². The Morgan fingerprint density at radius 1 is 0.962 bits per heavy atom. The minimum absolute atomic E-state index is 0.138. The molecule has 3 aromatic rings. The predicted octanol–water partition coefficient (Wildman–Crippen LogP) is 5.97. The summed E-state index contributed by atoms with van der Waals surface area (Å²) in [6.45, 7) is 0.438. The van der Waals surface area contributed by atoms with Gasteiger partial charge in [-0.2, -0.15) is 0 Å². The fourth-order valence-electron chi connectivity index (χ4n) is 2.97. The molecule has 0 aliphatic rings. The smallest absolute Gasteiger partial charge is 0.305 e. The van der Waals surface area contributed by atoms with Gasteiger partial charge in [-0.15, -0.1) is 0 Å². The average molecular weight is 390 g/mol. The van der Waals surface area contributed by atoms with Crippen molar-refractivity contribution >= 4 is 40.1 Å². The van der Waals surface area contributed by atoms with Crippen molar-refractivity contribution in [1.29, 1.82) is 0 Å². The van der Waals surface area contributed by atoms with Crippen LogP contribution in [0.15, 0.2) is 48.7 Å². The molecule has 0 saturated carbocycles. The maximum absolute atomic E-state index is 11.8. The van der Waals surface area contributed by atoms with Crippen molar-refractivity contribution < 1.29 is 9.53 Å². The second kappa shape index (κ2) is 9.11. The number of halogens is 2. The summed E-state index contributed by atoms with van der Waals surface area (Å²) in [5.41, 5.74) is 3.45. The summed E-state index contributed by atoms with van der Waals surface area (Å²) in [4.78, 5) is 15.1. The summed E-state index contributed by atoms with van der Waals surface area (Å²) >= 11 is 11.9. The van der Waals surface area contributed by atoms with Crippen molar-refractivity contribution in [3.05, 3.63) is 69.8 Å². The lowest BCUT2D eigenvalue weighted by Gasteiger charge is -2.05. The molecule has 0 radical (unpaired) electrons. The molecule has 136 valence electrons. The van der Waals surface area contributed by atoms with E-state index >= 15 is 0 Å². The Hall–Kier alpha value is -1.97. The van der Waals surface area contributed by atoms with Crippen molar-refractivity contribution in [1.82, 2.24) is 4.98 Å². The number of carbonyl (C=O) groups excluding carboxylic acids is 1. The molecule has 5 heteroatoms. The van der Waals surface area contributed by atoms with Crippen molar-refractivity contribution in [3.63, 3.8) is 0 Å². The molecule has 0 saturated heterocycles. The van der Waals surface area contributed by atoms with E-state index < -0.39 is 0 Å². The highest BCUT2D eigenvalue weighted by Gasteiger charge is 2.06.